The van der Waals surface area contributed by atoms with Gasteiger partial charge in [0.05, 0.1) is 5.92 Å². The van der Waals surface area contributed by atoms with Crippen molar-refractivity contribution in [2.45, 2.75) is 40.2 Å². The van der Waals surface area contributed by atoms with Crippen LogP contribution in [0.25, 0.3) is 11.0 Å². The summed E-state index contributed by atoms with van der Waals surface area (Å²) in [7, 11) is 0. The Hall–Kier alpha value is -3.41. The van der Waals surface area contributed by atoms with E-state index in [1.165, 1.54) is 11.6 Å². The molecule has 3 aromatic rings. The number of esters is 1. The van der Waals surface area contributed by atoms with Crippen molar-refractivity contribution < 1.29 is 18.7 Å². The van der Waals surface area contributed by atoms with Gasteiger partial charge >= 0.3 is 11.6 Å². The molecule has 1 fully saturated rings. The Kier molecular flexibility index (Phi) is 5.63. The first-order valence-corrected chi connectivity index (χ1v) is 10.5. The van der Waals surface area contributed by atoms with Gasteiger partial charge < -0.3 is 14.1 Å². The minimum atomic E-state index is -0.534. The smallest absolute Gasteiger partial charge is 0.336 e. The van der Waals surface area contributed by atoms with Crippen molar-refractivity contribution in [2.24, 2.45) is 5.92 Å². The average molecular weight is 419 g/mol. The molecule has 0 saturated carbocycles. The molecule has 2 aromatic carbocycles. The molecule has 1 saturated heterocycles. The van der Waals surface area contributed by atoms with Crippen molar-refractivity contribution >= 4 is 28.5 Å². The van der Waals surface area contributed by atoms with Crippen LogP contribution in [0.3, 0.4) is 0 Å². The molecule has 0 bridgehead atoms. The molecule has 0 N–H and O–H groups in total. The van der Waals surface area contributed by atoms with E-state index in [0.29, 0.717) is 17.7 Å². The van der Waals surface area contributed by atoms with E-state index in [1.807, 2.05) is 50.2 Å². The normalized spacial score (nSPS) is 16.2. The molecule has 1 aliphatic heterocycles. The molecule has 160 valence electrons. The molecule has 1 aliphatic rings. The molecule has 4 rings (SSSR count). The van der Waals surface area contributed by atoms with Crippen LogP contribution >= 0.6 is 0 Å². The first-order chi connectivity index (χ1) is 14.9. The highest BCUT2D eigenvalue weighted by atomic mass is 16.5. The third kappa shape index (κ3) is 4.10. The summed E-state index contributed by atoms with van der Waals surface area (Å²) in [5.41, 5.74) is 4.50. The number of hydrogen-bond donors (Lipinski definition) is 0. The number of carbonyl (C=O) groups excluding carboxylic acids is 2. The molecule has 31 heavy (non-hydrogen) atoms. The predicted molar refractivity (Wildman–Crippen MR) is 118 cm³/mol. The van der Waals surface area contributed by atoms with Gasteiger partial charge in [0.25, 0.3) is 0 Å². The highest BCUT2D eigenvalue weighted by molar-refractivity contribution is 5.99. The Bertz CT molecular complexity index is 1210. The van der Waals surface area contributed by atoms with Crippen LogP contribution in [0.4, 0.5) is 5.69 Å². The highest BCUT2D eigenvalue weighted by Gasteiger charge is 2.36. The number of rotatable bonds is 5. The van der Waals surface area contributed by atoms with Crippen LogP contribution in [0.5, 0.6) is 0 Å². The Morgan fingerprint density at radius 2 is 1.87 bits per heavy atom. The number of amides is 1. The second-order valence-electron chi connectivity index (χ2n) is 8.01. The van der Waals surface area contributed by atoms with E-state index in [4.69, 9.17) is 9.15 Å². The number of benzene rings is 2. The van der Waals surface area contributed by atoms with Crippen molar-refractivity contribution in [3.63, 3.8) is 0 Å². The van der Waals surface area contributed by atoms with Gasteiger partial charge in [-0.25, -0.2) is 4.79 Å². The molecular weight excluding hydrogens is 394 g/mol. The van der Waals surface area contributed by atoms with Gasteiger partial charge in [0.2, 0.25) is 5.91 Å². The zero-order valence-electron chi connectivity index (χ0n) is 17.9. The fourth-order valence-corrected chi connectivity index (χ4v) is 3.94. The number of fused-ring (bicyclic) bond motifs is 1. The van der Waals surface area contributed by atoms with Crippen LogP contribution in [-0.2, 0) is 27.4 Å². The van der Waals surface area contributed by atoms with Gasteiger partial charge in [-0.2, -0.15) is 0 Å². The van der Waals surface area contributed by atoms with Gasteiger partial charge in [-0.3, -0.25) is 9.59 Å². The lowest BCUT2D eigenvalue weighted by Gasteiger charge is -2.17. The summed E-state index contributed by atoms with van der Waals surface area (Å²) in [6.07, 6.45) is 1.04. The molecule has 6 nitrogen and oxygen atoms in total. The third-order valence-electron chi connectivity index (χ3n) is 6.00. The minimum Gasteiger partial charge on any atom is -0.461 e. The van der Waals surface area contributed by atoms with E-state index in [2.05, 4.69) is 6.92 Å². The Labute approximate surface area is 180 Å². The van der Waals surface area contributed by atoms with Crippen LogP contribution in [-0.4, -0.2) is 18.4 Å². The molecule has 0 aliphatic carbocycles. The first-order valence-electron chi connectivity index (χ1n) is 10.5. The van der Waals surface area contributed by atoms with Crippen LogP contribution in [0, 0.1) is 19.8 Å². The lowest BCUT2D eigenvalue weighted by molar-refractivity contribution is -0.149. The first kappa shape index (κ1) is 20.8. The molecule has 0 spiro atoms. The topological polar surface area (TPSA) is 76.8 Å². The Balaban J connectivity index is 1.48. The monoisotopic (exact) mass is 419 g/mol. The molecular formula is C25H25NO5. The van der Waals surface area contributed by atoms with Crippen molar-refractivity contribution in [2.75, 3.05) is 11.4 Å². The molecule has 1 aromatic heterocycles. The molecule has 0 unspecified atom stereocenters. The third-order valence-corrected chi connectivity index (χ3v) is 6.00. The fraction of sp³-hybridized carbons (Fsp3) is 0.320. The fourth-order valence-electron chi connectivity index (χ4n) is 3.94. The SMILES string of the molecule is CCc1ccc(N2C[C@@H](C(=O)OCc3cc(=O)oc4c(C)c(C)ccc34)CC2=O)cc1. The molecule has 0 radical (unpaired) electrons. The second-order valence-corrected chi connectivity index (χ2v) is 8.01. The summed E-state index contributed by atoms with van der Waals surface area (Å²) in [4.78, 5) is 38.8. The van der Waals surface area contributed by atoms with Crippen molar-refractivity contribution in [3.8, 4) is 0 Å². The number of ether oxygens (including phenoxy) is 1. The summed E-state index contributed by atoms with van der Waals surface area (Å²) >= 11 is 0. The van der Waals surface area contributed by atoms with Gasteiger partial charge in [0.15, 0.2) is 0 Å². The van der Waals surface area contributed by atoms with E-state index in [9.17, 15) is 14.4 Å². The van der Waals surface area contributed by atoms with Gasteiger partial charge in [-0.15, -0.1) is 0 Å². The van der Waals surface area contributed by atoms with Crippen molar-refractivity contribution in [1.29, 1.82) is 0 Å². The number of aryl methyl sites for hydroxylation is 3. The highest BCUT2D eigenvalue weighted by Crippen LogP contribution is 2.28. The van der Waals surface area contributed by atoms with Crippen LogP contribution < -0.4 is 10.5 Å². The van der Waals surface area contributed by atoms with Gasteiger partial charge in [0.1, 0.15) is 12.2 Å². The summed E-state index contributed by atoms with van der Waals surface area (Å²) in [5.74, 6) is -1.07. The van der Waals surface area contributed by atoms with Crippen LogP contribution in [0.15, 0.2) is 51.7 Å². The number of anilines is 1. The predicted octanol–water partition coefficient (Wildman–Crippen LogP) is 4.07. The van der Waals surface area contributed by atoms with Crippen molar-refractivity contribution in [3.05, 3.63) is 75.1 Å². The molecule has 2 heterocycles. The van der Waals surface area contributed by atoms with E-state index in [-0.39, 0.29) is 18.9 Å². The van der Waals surface area contributed by atoms with Crippen molar-refractivity contribution in [1.82, 2.24) is 0 Å². The lowest BCUT2D eigenvalue weighted by atomic mass is 10.0. The molecule has 1 atom stereocenters. The second kappa shape index (κ2) is 8.38. The zero-order chi connectivity index (χ0) is 22.1. The summed E-state index contributed by atoms with van der Waals surface area (Å²) < 4.78 is 10.9. The number of hydrogen-bond acceptors (Lipinski definition) is 5. The molecule has 1 amide bonds. The maximum absolute atomic E-state index is 12.7. The average Bonchev–Trinajstić information content (AvgIpc) is 3.16. The van der Waals surface area contributed by atoms with Gasteiger partial charge in [0, 0.05) is 35.7 Å². The molecule has 6 heteroatoms. The van der Waals surface area contributed by atoms with Gasteiger partial charge in [-0.05, 0) is 49.1 Å². The summed E-state index contributed by atoms with van der Waals surface area (Å²) in [6.45, 7) is 6.16. The van der Waals surface area contributed by atoms with E-state index in [1.54, 1.807) is 4.90 Å². The minimum absolute atomic E-state index is 0.0423. The Morgan fingerprint density at radius 3 is 2.58 bits per heavy atom. The largest absolute Gasteiger partial charge is 0.461 e. The number of carbonyl (C=O) groups is 2. The summed E-state index contributed by atoms with van der Waals surface area (Å²) in [6, 6.07) is 13.0. The van der Waals surface area contributed by atoms with E-state index < -0.39 is 17.5 Å². The quantitative estimate of drug-likeness (QED) is 0.460. The lowest BCUT2D eigenvalue weighted by Crippen LogP contribution is -2.26. The maximum Gasteiger partial charge on any atom is 0.336 e. The number of nitrogens with zero attached hydrogens (tertiary/aromatic N) is 1. The van der Waals surface area contributed by atoms with Gasteiger partial charge in [-0.1, -0.05) is 31.2 Å². The standard InChI is InChI=1S/C25H25NO5/c1-4-17-6-8-20(9-7-17)26-13-18(11-22(26)27)25(29)30-14-19-12-23(28)31-24-16(3)15(2)5-10-21(19)24/h5-10,12,18H,4,11,13-14H2,1-3H3/t18-/m0/s1. The van der Waals surface area contributed by atoms with Crippen LogP contribution in [0.1, 0.15) is 35.6 Å². The van der Waals surface area contributed by atoms with E-state index >= 15 is 0 Å². The Morgan fingerprint density at radius 1 is 1.13 bits per heavy atom. The summed E-state index contributed by atoms with van der Waals surface area (Å²) in [5, 5.41) is 0.746. The zero-order valence-corrected chi connectivity index (χ0v) is 17.9. The van der Waals surface area contributed by atoms with Crippen LogP contribution in [0.2, 0.25) is 0 Å². The van der Waals surface area contributed by atoms with E-state index in [0.717, 1.165) is 28.6 Å². The maximum atomic E-state index is 12.7.